The maximum absolute atomic E-state index is 14.2. The predicted molar refractivity (Wildman–Crippen MR) is 227 cm³/mol. The first kappa shape index (κ1) is 47.1. The third-order valence-corrected chi connectivity index (χ3v) is 11.5. The molecule has 5 aromatic rings. The number of carbonyl (C=O) groups is 1. The molecule has 305 valence electrons. The second kappa shape index (κ2) is 19.0. The fourth-order valence-electron chi connectivity index (χ4n) is 7.48. The van der Waals surface area contributed by atoms with Crippen LogP contribution in [0.5, 0.6) is 0 Å². The van der Waals surface area contributed by atoms with Gasteiger partial charge in [-0.05, 0) is 85.1 Å². The van der Waals surface area contributed by atoms with E-state index in [0.29, 0.717) is 16.0 Å². The number of rotatable bonds is 10. The van der Waals surface area contributed by atoms with Crippen LogP contribution in [0.25, 0.3) is 42.6 Å². The Bertz CT molecular complexity index is 2140. The second-order valence-electron chi connectivity index (χ2n) is 17.1. The molecule has 0 aliphatic carbocycles. The van der Waals surface area contributed by atoms with E-state index in [1.54, 1.807) is 6.07 Å². The van der Waals surface area contributed by atoms with Gasteiger partial charge in [0.05, 0.1) is 11.3 Å². The monoisotopic (exact) mass is 963 g/mol. The van der Waals surface area contributed by atoms with Crippen molar-refractivity contribution < 1.29 is 43.2 Å². The Kier molecular flexibility index (Phi) is 15.9. The molecule has 0 amide bonds. The smallest absolute Gasteiger partial charge is 0.418 e. The number of alkyl halides is 3. The van der Waals surface area contributed by atoms with Gasteiger partial charge in [-0.15, -0.1) is 40.5 Å². The number of hydrogen-bond acceptors (Lipinski definition) is 4. The van der Waals surface area contributed by atoms with Gasteiger partial charge in [-0.1, -0.05) is 111 Å². The van der Waals surface area contributed by atoms with E-state index in [2.05, 4.69) is 90.7 Å². The van der Waals surface area contributed by atoms with Gasteiger partial charge in [-0.25, -0.2) is 0 Å². The van der Waals surface area contributed by atoms with E-state index in [-0.39, 0.29) is 59.7 Å². The van der Waals surface area contributed by atoms with Gasteiger partial charge in [0.25, 0.3) is 0 Å². The Morgan fingerprint density at radius 3 is 1.93 bits per heavy atom. The van der Waals surface area contributed by atoms with Gasteiger partial charge in [-0.3, -0.25) is 9.78 Å². The van der Waals surface area contributed by atoms with Gasteiger partial charge in [0.1, 0.15) is 0 Å². The van der Waals surface area contributed by atoms with Crippen LogP contribution in [0.15, 0.2) is 66.6 Å². The predicted octanol–water partition coefficient (Wildman–Crippen LogP) is 15.0. The molecule has 5 rings (SSSR count). The maximum Gasteiger partial charge on any atom is 0.418 e. The Hall–Kier alpha value is -3.32. The van der Waals surface area contributed by atoms with Gasteiger partial charge >= 0.3 is 6.18 Å². The first-order valence-corrected chi connectivity index (χ1v) is 20.4. The van der Waals surface area contributed by atoms with Crippen LogP contribution in [0, 0.1) is 37.2 Å². The van der Waals surface area contributed by atoms with E-state index in [0.717, 1.165) is 76.2 Å². The van der Waals surface area contributed by atoms with Gasteiger partial charge < -0.3 is 5.11 Å². The average molecular weight is 963 g/mol. The molecule has 3 aromatic carbocycles. The maximum atomic E-state index is 14.2. The van der Waals surface area contributed by atoms with Crippen LogP contribution in [0.2, 0.25) is 0 Å². The summed E-state index contributed by atoms with van der Waals surface area (Å²) in [4.78, 5) is 17.0. The number of thiophene rings is 1. The summed E-state index contributed by atoms with van der Waals surface area (Å²) in [6, 6.07) is 19.6. The first-order valence-electron chi connectivity index (χ1n) is 19.6. The number of fused-ring (bicyclic) bond motifs is 2. The third-order valence-electron chi connectivity index (χ3n) is 10.4. The zero-order valence-corrected chi connectivity index (χ0v) is 38.4. The van der Waals surface area contributed by atoms with Crippen molar-refractivity contribution in [3.63, 3.8) is 0 Å². The van der Waals surface area contributed by atoms with E-state index in [9.17, 15) is 23.1 Å². The van der Waals surface area contributed by atoms with Gasteiger partial charge in [0.2, 0.25) is 0 Å². The van der Waals surface area contributed by atoms with Crippen LogP contribution in [0.4, 0.5) is 13.2 Å². The SMILES string of the molecule is CCC(CC)C(=O)/C=C(\O)C(CC)CC.Cc1cc(CC(C)(C)C)cc(C)c1-c1cc2c(C(F)(F)F)cnc(-c3[c-]c4ccccc4c(C(C)(C)C)c3)c2s1.[Ir]. The van der Waals surface area contributed by atoms with Crippen molar-refractivity contribution >= 4 is 38.0 Å². The Morgan fingerprint density at radius 1 is 0.839 bits per heavy atom. The van der Waals surface area contributed by atoms with E-state index < -0.39 is 11.7 Å². The number of pyridine rings is 1. The number of hydrogen-bond donors (Lipinski definition) is 1. The molecule has 8 heteroatoms. The number of ketones is 1. The molecule has 0 saturated heterocycles. The third kappa shape index (κ3) is 11.2. The molecule has 0 saturated carbocycles. The van der Waals surface area contributed by atoms with Crippen LogP contribution in [0.3, 0.4) is 0 Å². The van der Waals surface area contributed by atoms with E-state index in [4.69, 9.17) is 0 Å². The largest absolute Gasteiger partial charge is 0.512 e. The normalized spacial score (nSPS) is 12.6. The average Bonchev–Trinajstić information content (AvgIpc) is 3.51. The summed E-state index contributed by atoms with van der Waals surface area (Å²) < 4.78 is 43.2. The molecule has 0 unspecified atom stereocenters. The van der Waals surface area contributed by atoms with Crippen LogP contribution in [-0.4, -0.2) is 15.9 Å². The molecule has 1 N–H and O–H groups in total. The van der Waals surface area contributed by atoms with Gasteiger partial charge in [-0.2, -0.15) is 13.2 Å². The molecule has 2 aromatic heterocycles. The minimum atomic E-state index is -4.51. The van der Waals surface area contributed by atoms with Crippen molar-refractivity contribution in [1.29, 1.82) is 0 Å². The molecule has 2 heterocycles. The summed E-state index contributed by atoms with van der Waals surface area (Å²) in [5.74, 6) is 0.547. The number of halogens is 3. The molecule has 56 heavy (non-hydrogen) atoms. The standard InChI is InChI=1S/C35H35F3NS.C13H24O2.Ir/c1-20-13-22(18-33(3,4)5)14-21(2)30(20)29-17-26-28(35(36,37)38)19-39-31(32(26)40-29)24-15-23-11-9-10-12-25(23)27(16-24)34(6,7)8;1-5-10(6-2)12(14)9-13(15)11(7-3)8-4;/h9-14,16-17,19H,18H2,1-8H3;9-11,14H,5-8H2,1-4H3;/q-1;;/b;12-9-;. The summed E-state index contributed by atoms with van der Waals surface area (Å²) in [6.07, 6.45) is 2.32. The van der Waals surface area contributed by atoms with E-state index >= 15 is 0 Å². The Morgan fingerprint density at radius 2 is 1.41 bits per heavy atom. The summed E-state index contributed by atoms with van der Waals surface area (Å²) >= 11 is 1.39. The Balaban J connectivity index is 0.000000448. The number of nitrogens with zero attached hydrogens (tertiary/aromatic N) is 1. The van der Waals surface area contributed by atoms with Crippen molar-refractivity contribution in [3.05, 3.63) is 100 Å². The van der Waals surface area contributed by atoms with Gasteiger partial charge in [0, 0.05) is 64.9 Å². The minimum absolute atomic E-state index is 0. The number of aromatic nitrogens is 1. The molecule has 0 aliphatic rings. The number of carbonyl (C=O) groups excluding carboxylic acids is 1. The molecule has 0 aliphatic heterocycles. The van der Waals surface area contributed by atoms with Crippen LogP contribution in [0.1, 0.15) is 123 Å². The van der Waals surface area contributed by atoms with Crippen molar-refractivity contribution in [2.75, 3.05) is 0 Å². The summed E-state index contributed by atoms with van der Waals surface area (Å²) in [5, 5.41) is 12.0. The zero-order chi connectivity index (χ0) is 41.0. The second-order valence-corrected chi connectivity index (χ2v) is 18.2. The fraction of sp³-hybridized carbons (Fsp3) is 0.458. The topological polar surface area (TPSA) is 50.2 Å². The number of aliphatic hydroxyl groups excluding tert-OH is 1. The molecule has 1 radical (unpaired) electrons. The number of aliphatic hydroxyl groups is 1. The molecule has 0 fully saturated rings. The van der Waals surface area contributed by atoms with Crippen LogP contribution in [-0.2, 0) is 42.9 Å². The first-order chi connectivity index (χ1) is 25.6. The zero-order valence-electron chi connectivity index (χ0n) is 35.1. The summed E-state index contributed by atoms with van der Waals surface area (Å²) in [7, 11) is 0. The minimum Gasteiger partial charge on any atom is -0.512 e. The molecule has 3 nitrogen and oxygen atoms in total. The van der Waals surface area contributed by atoms with Crippen LogP contribution >= 0.6 is 11.3 Å². The number of benzene rings is 3. The van der Waals surface area contributed by atoms with E-state index in [1.165, 1.54) is 23.0 Å². The molecule has 0 spiro atoms. The van der Waals surface area contributed by atoms with Crippen molar-refractivity contribution in [2.24, 2.45) is 17.3 Å². The van der Waals surface area contributed by atoms with Crippen molar-refractivity contribution in [1.82, 2.24) is 4.98 Å². The molecule has 0 atom stereocenters. The quantitative estimate of drug-likeness (QED) is 0.0862. The number of allylic oxidation sites excluding steroid dienone is 2. The molecular weight excluding hydrogens is 904 g/mol. The van der Waals surface area contributed by atoms with Crippen LogP contribution < -0.4 is 0 Å². The fourth-order valence-corrected chi connectivity index (χ4v) is 8.84. The molecular formula is C48H59F3IrNO2S-. The summed E-state index contributed by atoms with van der Waals surface area (Å²) in [6.45, 7) is 25.2. The summed E-state index contributed by atoms with van der Waals surface area (Å²) in [5.41, 5.74) is 6.01. The molecule has 0 bridgehead atoms. The van der Waals surface area contributed by atoms with Crippen molar-refractivity contribution in [2.45, 2.75) is 127 Å². The van der Waals surface area contributed by atoms with Crippen molar-refractivity contribution in [3.8, 4) is 21.7 Å². The Labute approximate surface area is 350 Å². The van der Waals surface area contributed by atoms with Gasteiger partial charge in [0.15, 0.2) is 5.78 Å². The number of aryl methyl sites for hydroxylation is 2. The van der Waals surface area contributed by atoms with E-state index in [1.807, 2.05) is 45.9 Å².